The van der Waals surface area contributed by atoms with Gasteiger partial charge in [-0.1, -0.05) is 0 Å². The summed E-state index contributed by atoms with van der Waals surface area (Å²) in [5.74, 6) is -0.205. The number of carbonyl (C=O) groups is 1. The van der Waals surface area contributed by atoms with Gasteiger partial charge in [-0.3, -0.25) is 4.79 Å². The van der Waals surface area contributed by atoms with Crippen LogP contribution in [0, 0.1) is 0 Å². The molecule has 0 aliphatic carbocycles. The Kier molecular flexibility index (Phi) is 2.17. The second-order valence-corrected chi connectivity index (χ2v) is 3.62. The molecule has 5 heteroatoms. The molecule has 0 radical (unpaired) electrons. The summed E-state index contributed by atoms with van der Waals surface area (Å²) >= 11 is 0. The van der Waals surface area contributed by atoms with Crippen LogP contribution in [0.1, 0.15) is 17.4 Å². The molecule has 0 aromatic carbocycles. The standard InChI is InChI=1S/C9H11N3O2/c1-9(5-14-6-9)11-8(13)7-3-2-4-10-12-7/h2-4H,5-6H2,1H3,(H,11,13). The van der Waals surface area contributed by atoms with Crippen LogP contribution in [0.4, 0.5) is 0 Å². The highest BCUT2D eigenvalue weighted by Gasteiger charge is 2.35. The Labute approximate surface area is 81.5 Å². The average molecular weight is 193 g/mol. The summed E-state index contributed by atoms with van der Waals surface area (Å²) in [6, 6.07) is 3.31. The van der Waals surface area contributed by atoms with E-state index >= 15 is 0 Å². The van der Waals surface area contributed by atoms with Crippen molar-refractivity contribution in [3.63, 3.8) is 0 Å². The second kappa shape index (κ2) is 3.34. The van der Waals surface area contributed by atoms with Crippen molar-refractivity contribution in [2.45, 2.75) is 12.5 Å². The van der Waals surface area contributed by atoms with Gasteiger partial charge in [-0.25, -0.2) is 0 Å². The van der Waals surface area contributed by atoms with Gasteiger partial charge in [0.15, 0.2) is 5.69 Å². The Morgan fingerprint density at radius 1 is 1.64 bits per heavy atom. The fourth-order valence-electron chi connectivity index (χ4n) is 1.24. The molecule has 1 amide bonds. The third kappa shape index (κ3) is 1.72. The number of hydrogen-bond acceptors (Lipinski definition) is 4. The van der Waals surface area contributed by atoms with Gasteiger partial charge in [0.05, 0.1) is 18.8 Å². The molecule has 0 saturated carbocycles. The Morgan fingerprint density at radius 3 is 2.93 bits per heavy atom. The molecule has 0 unspecified atom stereocenters. The Morgan fingerprint density at radius 2 is 2.43 bits per heavy atom. The topological polar surface area (TPSA) is 64.1 Å². The predicted octanol–water partition coefficient (Wildman–Crippen LogP) is -0.00470. The van der Waals surface area contributed by atoms with Gasteiger partial charge in [0, 0.05) is 6.20 Å². The average Bonchev–Trinajstić information content (AvgIpc) is 2.17. The molecule has 5 nitrogen and oxygen atoms in total. The fourth-order valence-corrected chi connectivity index (χ4v) is 1.24. The third-order valence-corrected chi connectivity index (χ3v) is 2.06. The van der Waals surface area contributed by atoms with Crippen LogP contribution >= 0.6 is 0 Å². The maximum atomic E-state index is 11.6. The number of nitrogens with one attached hydrogen (secondary N) is 1. The molecule has 1 aliphatic rings. The zero-order chi connectivity index (χ0) is 10.0. The lowest BCUT2D eigenvalue weighted by Crippen LogP contribution is -2.60. The monoisotopic (exact) mass is 193 g/mol. The molecule has 1 aromatic heterocycles. The highest BCUT2D eigenvalue weighted by Crippen LogP contribution is 2.15. The van der Waals surface area contributed by atoms with E-state index in [1.54, 1.807) is 12.1 Å². The first kappa shape index (κ1) is 9.08. The van der Waals surface area contributed by atoms with E-state index in [0.717, 1.165) is 0 Å². The SMILES string of the molecule is CC1(NC(=O)c2cccnn2)COC1. The van der Waals surface area contributed by atoms with E-state index in [-0.39, 0.29) is 11.4 Å². The van der Waals surface area contributed by atoms with Crippen LogP contribution in [0.3, 0.4) is 0 Å². The van der Waals surface area contributed by atoms with Crippen molar-refractivity contribution in [1.82, 2.24) is 15.5 Å². The number of rotatable bonds is 2. The zero-order valence-electron chi connectivity index (χ0n) is 7.86. The number of nitrogens with zero attached hydrogens (tertiary/aromatic N) is 2. The molecule has 74 valence electrons. The van der Waals surface area contributed by atoms with Gasteiger partial charge in [0.25, 0.3) is 5.91 Å². The molecule has 1 aliphatic heterocycles. The summed E-state index contributed by atoms with van der Waals surface area (Å²) in [4.78, 5) is 11.6. The van der Waals surface area contributed by atoms with Gasteiger partial charge in [0.2, 0.25) is 0 Å². The van der Waals surface area contributed by atoms with Crippen LogP contribution in [-0.4, -0.2) is 34.9 Å². The number of amides is 1. The Balaban J connectivity index is 2.03. The van der Waals surface area contributed by atoms with Crippen LogP contribution in [0.25, 0.3) is 0 Å². The maximum absolute atomic E-state index is 11.6. The lowest BCUT2D eigenvalue weighted by atomic mass is 10.0. The molecular formula is C9H11N3O2. The minimum atomic E-state index is -0.241. The van der Waals surface area contributed by atoms with Crippen molar-refractivity contribution in [1.29, 1.82) is 0 Å². The number of aromatic nitrogens is 2. The van der Waals surface area contributed by atoms with Crippen molar-refractivity contribution < 1.29 is 9.53 Å². The molecule has 14 heavy (non-hydrogen) atoms. The molecule has 1 N–H and O–H groups in total. The van der Waals surface area contributed by atoms with Gasteiger partial charge < -0.3 is 10.1 Å². The fraction of sp³-hybridized carbons (Fsp3) is 0.444. The van der Waals surface area contributed by atoms with Crippen LogP contribution in [-0.2, 0) is 4.74 Å². The van der Waals surface area contributed by atoms with Crippen LogP contribution < -0.4 is 5.32 Å². The number of hydrogen-bond donors (Lipinski definition) is 1. The third-order valence-electron chi connectivity index (χ3n) is 2.06. The summed E-state index contributed by atoms with van der Waals surface area (Å²) in [7, 11) is 0. The largest absolute Gasteiger partial charge is 0.376 e. The Bertz CT molecular complexity index is 335. The molecule has 0 spiro atoms. The first-order chi connectivity index (χ1) is 6.70. The van der Waals surface area contributed by atoms with Crippen molar-refractivity contribution in [2.24, 2.45) is 0 Å². The molecule has 0 atom stereocenters. The van der Waals surface area contributed by atoms with E-state index in [9.17, 15) is 4.79 Å². The van der Waals surface area contributed by atoms with Gasteiger partial charge in [-0.2, -0.15) is 5.10 Å². The van der Waals surface area contributed by atoms with Gasteiger partial charge in [-0.15, -0.1) is 5.10 Å². The van der Waals surface area contributed by atoms with E-state index in [1.807, 2.05) is 6.92 Å². The van der Waals surface area contributed by atoms with E-state index in [1.165, 1.54) is 6.20 Å². The summed E-state index contributed by atoms with van der Waals surface area (Å²) in [5.41, 5.74) is 0.0924. The van der Waals surface area contributed by atoms with Crippen molar-refractivity contribution in [2.75, 3.05) is 13.2 Å². The van der Waals surface area contributed by atoms with Gasteiger partial charge in [0.1, 0.15) is 0 Å². The van der Waals surface area contributed by atoms with E-state index in [2.05, 4.69) is 15.5 Å². The molecular weight excluding hydrogens is 182 g/mol. The van der Waals surface area contributed by atoms with Crippen molar-refractivity contribution in [3.8, 4) is 0 Å². The van der Waals surface area contributed by atoms with Crippen molar-refractivity contribution >= 4 is 5.91 Å². The van der Waals surface area contributed by atoms with Gasteiger partial charge in [-0.05, 0) is 19.1 Å². The van der Waals surface area contributed by atoms with E-state index < -0.39 is 0 Å². The van der Waals surface area contributed by atoms with E-state index in [4.69, 9.17) is 4.74 Å². The zero-order valence-corrected chi connectivity index (χ0v) is 7.86. The normalized spacial score (nSPS) is 18.4. The predicted molar refractivity (Wildman–Crippen MR) is 48.7 cm³/mol. The first-order valence-electron chi connectivity index (χ1n) is 4.38. The highest BCUT2D eigenvalue weighted by molar-refractivity contribution is 5.92. The smallest absolute Gasteiger partial charge is 0.272 e. The molecule has 1 aromatic rings. The minimum absolute atomic E-state index is 0.205. The summed E-state index contributed by atoms with van der Waals surface area (Å²) in [6.07, 6.45) is 1.53. The Hall–Kier alpha value is -1.49. The first-order valence-corrected chi connectivity index (χ1v) is 4.38. The molecule has 2 heterocycles. The summed E-state index contributed by atoms with van der Waals surface area (Å²) in [6.45, 7) is 3.04. The lowest BCUT2D eigenvalue weighted by molar-refractivity contribution is -0.0594. The quantitative estimate of drug-likeness (QED) is 0.717. The summed E-state index contributed by atoms with van der Waals surface area (Å²) in [5, 5.41) is 10.2. The van der Waals surface area contributed by atoms with Crippen molar-refractivity contribution in [3.05, 3.63) is 24.0 Å². The molecule has 1 fully saturated rings. The molecule has 2 rings (SSSR count). The lowest BCUT2D eigenvalue weighted by Gasteiger charge is -2.38. The van der Waals surface area contributed by atoms with Gasteiger partial charge >= 0.3 is 0 Å². The van der Waals surface area contributed by atoms with E-state index in [0.29, 0.717) is 18.9 Å². The van der Waals surface area contributed by atoms with Crippen LogP contribution in [0.15, 0.2) is 18.3 Å². The minimum Gasteiger partial charge on any atom is -0.376 e. The highest BCUT2D eigenvalue weighted by atomic mass is 16.5. The number of carbonyl (C=O) groups excluding carboxylic acids is 1. The van der Waals surface area contributed by atoms with Crippen LogP contribution in [0.5, 0.6) is 0 Å². The van der Waals surface area contributed by atoms with Crippen LogP contribution in [0.2, 0.25) is 0 Å². The maximum Gasteiger partial charge on any atom is 0.272 e. The summed E-state index contributed by atoms with van der Waals surface area (Å²) < 4.78 is 5.02. The molecule has 1 saturated heterocycles. The second-order valence-electron chi connectivity index (χ2n) is 3.62. The molecule has 0 bridgehead atoms. The number of ether oxygens (including phenoxy) is 1.